The molecule has 3 rings (SSSR count). The van der Waals surface area contributed by atoms with Crippen LogP contribution in [0.15, 0.2) is 54.6 Å². The molecule has 5 heteroatoms. The average molecular weight is 320 g/mol. The summed E-state index contributed by atoms with van der Waals surface area (Å²) in [5.74, 6) is 0. The van der Waals surface area contributed by atoms with Crippen molar-refractivity contribution >= 4 is 11.7 Å². The Morgan fingerprint density at radius 3 is 2.50 bits per heavy atom. The van der Waals surface area contributed by atoms with Gasteiger partial charge in [0.2, 0.25) is 0 Å². The number of hydrogen-bond acceptors (Lipinski definition) is 3. The van der Waals surface area contributed by atoms with Gasteiger partial charge in [-0.3, -0.25) is 4.90 Å². The van der Waals surface area contributed by atoms with Crippen molar-refractivity contribution in [3.63, 3.8) is 0 Å². The Hall–Kier alpha value is -2.84. The zero-order chi connectivity index (χ0) is 16.8. The highest BCUT2D eigenvalue weighted by Crippen LogP contribution is 2.12. The molecular weight excluding hydrogens is 300 g/mol. The minimum atomic E-state index is -0.0488. The van der Waals surface area contributed by atoms with Crippen molar-refractivity contribution in [3.8, 4) is 6.07 Å². The zero-order valence-electron chi connectivity index (χ0n) is 13.5. The maximum atomic E-state index is 12.3. The van der Waals surface area contributed by atoms with Crippen molar-refractivity contribution in [2.75, 3.05) is 31.5 Å². The Morgan fingerprint density at radius 2 is 1.79 bits per heavy atom. The number of benzene rings is 2. The van der Waals surface area contributed by atoms with Crippen LogP contribution in [0.2, 0.25) is 0 Å². The summed E-state index contributed by atoms with van der Waals surface area (Å²) in [5.41, 5.74) is 2.64. The molecule has 1 aliphatic rings. The van der Waals surface area contributed by atoms with Crippen LogP contribution >= 0.6 is 0 Å². The highest BCUT2D eigenvalue weighted by Gasteiger charge is 2.21. The van der Waals surface area contributed by atoms with E-state index in [1.165, 1.54) is 0 Å². The first kappa shape index (κ1) is 16.0. The van der Waals surface area contributed by atoms with Gasteiger partial charge in [0.15, 0.2) is 0 Å². The molecule has 0 atom stereocenters. The number of nitrogens with zero attached hydrogens (tertiary/aromatic N) is 3. The number of hydrogen-bond donors (Lipinski definition) is 1. The number of rotatable bonds is 3. The van der Waals surface area contributed by atoms with Crippen LogP contribution in [0.25, 0.3) is 0 Å². The molecule has 0 bridgehead atoms. The predicted molar refractivity (Wildman–Crippen MR) is 93.5 cm³/mol. The monoisotopic (exact) mass is 320 g/mol. The Bertz CT molecular complexity index is 731. The number of urea groups is 1. The molecule has 0 spiro atoms. The lowest BCUT2D eigenvalue weighted by Crippen LogP contribution is -2.49. The van der Waals surface area contributed by atoms with E-state index in [9.17, 15) is 4.79 Å². The third-order valence-corrected chi connectivity index (χ3v) is 4.15. The normalized spacial score (nSPS) is 14.9. The van der Waals surface area contributed by atoms with Gasteiger partial charge in [0.1, 0.15) is 0 Å². The van der Waals surface area contributed by atoms with Gasteiger partial charge in [0.25, 0.3) is 0 Å². The van der Waals surface area contributed by atoms with E-state index in [-0.39, 0.29) is 6.03 Å². The molecule has 1 N–H and O–H groups in total. The van der Waals surface area contributed by atoms with Crippen molar-refractivity contribution in [1.29, 1.82) is 5.26 Å². The molecule has 24 heavy (non-hydrogen) atoms. The third kappa shape index (κ3) is 4.12. The second-order valence-electron chi connectivity index (χ2n) is 5.87. The van der Waals surface area contributed by atoms with Gasteiger partial charge in [-0.15, -0.1) is 0 Å². The molecule has 2 aromatic rings. The summed E-state index contributed by atoms with van der Waals surface area (Å²) in [7, 11) is 0. The molecule has 0 aromatic heterocycles. The maximum Gasteiger partial charge on any atom is 0.321 e. The SMILES string of the molecule is N#Cc1cccc(CN2CCN(C(=O)Nc3ccccc3)CC2)c1. The molecule has 0 unspecified atom stereocenters. The van der Waals surface area contributed by atoms with Gasteiger partial charge in [0, 0.05) is 38.4 Å². The fourth-order valence-corrected chi connectivity index (χ4v) is 2.83. The van der Waals surface area contributed by atoms with E-state index < -0.39 is 0 Å². The van der Waals surface area contributed by atoms with Gasteiger partial charge >= 0.3 is 6.03 Å². The van der Waals surface area contributed by atoms with Crippen LogP contribution < -0.4 is 5.32 Å². The molecule has 2 aromatic carbocycles. The molecule has 0 saturated carbocycles. The molecule has 5 nitrogen and oxygen atoms in total. The van der Waals surface area contributed by atoms with Crippen molar-refractivity contribution in [1.82, 2.24) is 9.80 Å². The standard InChI is InChI=1S/C19H20N4O/c20-14-16-5-4-6-17(13-16)15-22-9-11-23(12-10-22)19(24)21-18-7-2-1-3-8-18/h1-8,13H,9-12,15H2,(H,21,24). The van der Waals surface area contributed by atoms with E-state index in [0.29, 0.717) is 18.7 Å². The van der Waals surface area contributed by atoms with E-state index in [0.717, 1.165) is 30.9 Å². The second kappa shape index (κ2) is 7.62. The summed E-state index contributed by atoms with van der Waals surface area (Å²) in [4.78, 5) is 16.4. The number of nitriles is 1. The largest absolute Gasteiger partial charge is 0.322 e. The number of anilines is 1. The minimum absolute atomic E-state index is 0.0488. The molecule has 1 saturated heterocycles. The van der Waals surface area contributed by atoms with Crippen molar-refractivity contribution in [3.05, 3.63) is 65.7 Å². The average Bonchev–Trinajstić information content (AvgIpc) is 2.63. The fourth-order valence-electron chi connectivity index (χ4n) is 2.83. The van der Waals surface area contributed by atoms with Crippen molar-refractivity contribution in [2.45, 2.75) is 6.54 Å². The van der Waals surface area contributed by atoms with Crippen LogP contribution in [-0.4, -0.2) is 42.0 Å². The minimum Gasteiger partial charge on any atom is -0.322 e. The van der Waals surface area contributed by atoms with Crippen LogP contribution in [0.3, 0.4) is 0 Å². The van der Waals surface area contributed by atoms with Crippen LogP contribution in [-0.2, 0) is 6.54 Å². The van der Waals surface area contributed by atoms with Crippen molar-refractivity contribution < 1.29 is 4.79 Å². The molecule has 122 valence electrons. The predicted octanol–water partition coefficient (Wildman–Crippen LogP) is 2.91. The summed E-state index contributed by atoms with van der Waals surface area (Å²) in [6, 6.07) is 19.3. The fraction of sp³-hybridized carbons (Fsp3) is 0.263. The van der Waals surface area contributed by atoms with Gasteiger partial charge in [-0.1, -0.05) is 30.3 Å². The molecule has 0 radical (unpaired) electrons. The summed E-state index contributed by atoms with van der Waals surface area (Å²) in [6.45, 7) is 3.88. The number of nitrogens with one attached hydrogen (secondary N) is 1. The Labute approximate surface area is 142 Å². The lowest BCUT2D eigenvalue weighted by molar-refractivity contribution is 0.143. The molecule has 1 heterocycles. The van der Waals surface area contributed by atoms with Gasteiger partial charge in [-0.05, 0) is 29.8 Å². The molecular formula is C19H20N4O. The van der Waals surface area contributed by atoms with E-state index in [1.807, 2.05) is 59.5 Å². The van der Waals surface area contributed by atoms with Crippen LogP contribution in [0.1, 0.15) is 11.1 Å². The lowest BCUT2D eigenvalue weighted by atomic mass is 10.1. The Morgan fingerprint density at radius 1 is 1.04 bits per heavy atom. The zero-order valence-corrected chi connectivity index (χ0v) is 13.5. The summed E-state index contributed by atoms with van der Waals surface area (Å²) >= 11 is 0. The van der Waals surface area contributed by atoms with Gasteiger partial charge in [-0.25, -0.2) is 4.79 Å². The van der Waals surface area contributed by atoms with Crippen LogP contribution in [0.4, 0.5) is 10.5 Å². The summed E-state index contributed by atoms with van der Waals surface area (Å²) < 4.78 is 0. The summed E-state index contributed by atoms with van der Waals surface area (Å²) in [5, 5.41) is 11.9. The number of piperazine rings is 1. The summed E-state index contributed by atoms with van der Waals surface area (Å²) in [6.07, 6.45) is 0. The highest BCUT2D eigenvalue weighted by molar-refractivity contribution is 5.89. The lowest BCUT2D eigenvalue weighted by Gasteiger charge is -2.34. The second-order valence-corrected chi connectivity index (χ2v) is 5.87. The molecule has 0 aliphatic carbocycles. The maximum absolute atomic E-state index is 12.3. The van der Waals surface area contributed by atoms with Crippen LogP contribution in [0.5, 0.6) is 0 Å². The first-order valence-electron chi connectivity index (χ1n) is 8.07. The van der Waals surface area contributed by atoms with E-state index >= 15 is 0 Å². The molecule has 1 fully saturated rings. The van der Waals surface area contributed by atoms with Gasteiger partial charge in [0.05, 0.1) is 11.6 Å². The quantitative estimate of drug-likeness (QED) is 0.946. The van der Waals surface area contributed by atoms with E-state index in [4.69, 9.17) is 5.26 Å². The Kier molecular flexibility index (Phi) is 5.09. The van der Waals surface area contributed by atoms with Crippen molar-refractivity contribution in [2.24, 2.45) is 0 Å². The number of amides is 2. The number of carbonyl (C=O) groups excluding carboxylic acids is 1. The number of para-hydroxylation sites is 1. The first-order chi connectivity index (χ1) is 11.7. The third-order valence-electron chi connectivity index (χ3n) is 4.15. The molecule has 1 aliphatic heterocycles. The highest BCUT2D eigenvalue weighted by atomic mass is 16.2. The van der Waals surface area contributed by atoms with Gasteiger partial charge < -0.3 is 10.2 Å². The van der Waals surface area contributed by atoms with E-state index in [2.05, 4.69) is 16.3 Å². The van der Waals surface area contributed by atoms with E-state index in [1.54, 1.807) is 0 Å². The Balaban J connectivity index is 1.50. The first-order valence-corrected chi connectivity index (χ1v) is 8.07. The van der Waals surface area contributed by atoms with Crippen LogP contribution in [0, 0.1) is 11.3 Å². The number of carbonyl (C=O) groups is 1. The van der Waals surface area contributed by atoms with Gasteiger partial charge in [-0.2, -0.15) is 5.26 Å². The topological polar surface area (TPSA) is 59.4 Å². The molecule has 2 amide bonds. The smallest absolute Gasteiger partial charge is 0.321 e.